The van der Waals surface area contributed by atoms with Crippen molar-refractivity contribution in [3.05, 3.63) is 0 Å². The molecule has 0 saturated carbocycles. The molecular formula is C8H18N2O3S. The van der Waals surface area contributed by atoms with Crippen LogP contribution < -0.4 is 0 Å². The van der Waals surface area contributed by atoms with Crippen LogP contribution in [-0.4, -0.2) is 57.0 Å². The summed E-state index contributed by atoms with van der Waals surface area (Å²) < 4.78 is 23.0. The van der Waals surface area contributed by atoms with Crippen LogP contribution in [0.15, 0.2) is 0 Å². The van der Waals surface area contributed by atoms with Crippen molar-refractivity contribution >= 4 is 15.9 Å². The van der Waals surface area contributed by atoms with E-state index in [4.69, 9.17) is 0 Å². The van der Waals surface area contributed by atoms with Crippen molar-refractivity contribution in [3.8, 4) is 0 Å². The van der Waals surface area contributed by atoms with E-state index in [1.165, 1.54) is 11.9 Å². The summed E-state index contributed by atoms with van der Waals surface area (Å²) in [6.07, 6.45) is 1.95. The zero-order chi connectivity index (χ0) is 11.4. The van der Waals surface area contributed by atoms with Crippen molar-refractivity contribution < 1.29 is 13.2 Å². The minimum atomic E-state index is -3.26. The van der Waals surface area contributed by atoms with Gasteiger partial charge in [-0.2, -0.15) is 4.31 Å². The molecule has 0 rings (SSSR count). The largest absolute Gasteiger partial charge is 0.345 e. The third-order valence-electron chi connectivity index (χ3n) is 1.91. The summed E-state index contributed by atoms with van der Waals surface area (Å²) in [6, 6.07) is 0. The smallest absolute Gasteiger partial charge is 0.237 e. The van der Waals surface area contributed by atoms with E-state index < -0.39 is 10.0 Å². The second kappa shape index (κ2) is 5.31. The van der Waals surface area contributed by atoms with Gasteiger partial charge in [-0.1, -0.05) is 6.92 Å². The van der Waals surface area contributed by atoms with Crippen LogP contribution in [0.3, 0.4) is 0 Å². The molecule has 0 aliphatic heterocycles. The summed E-state index contributed by atoms with van der Waals surface area (Å²) in [5, 5.41) is 0. The van der Waals surface area contributed by atoms with E-state index in [0.29, 0.717) is 6.54 Å². The zero-order valence-corrected chi connectivity index (χ0v) is 9.97. The predicted octanol–water partition coefficient (Wildman–Crippen LogP) is -0.254. The third-order valence-corrected chi connectivity index (χ3v) is 3.17. The molecule has 1 amide bonds. The van der Waals surface area contributed by atoms with Crippen LogP contribution in [0, 0.1) is 0 Å². The molecule has 14 heavy (non-hydrogen) atoms. The lowest BCUT2D eigenvalue weighted by Gasteiger charge is -2.19. The predicted molar refractivity (Wildman–Crippen MR) is 55.4 cm³/mol. The molecule has 0 unspecified atom stereocenters. The Morgan fingerprint density at radius 1 is 1.29 bits per heavy atom. The molecule has 5 nitrogen and oxygen atoms in total. The van der Waals surface area contributed by atoms with E-state index in [-0.39, 0.29) is 12.5 Å². The molecule has 0 heterocycles. The molecule has 84 valence electrons. The van der Waals surface area contributed by atoms with Gasteiger partial charge in [0.1, 0.15) is 0 Å². The number of nitrogens with zero attached hydrogens (tertiary/aromatic N) is 2. The molecule has 0 aromatic heterocycles. The van der Waals surface area contributed by atoms with Crippen LogP contribution in [0.1, 0.15) is 13.3 Å². The number of carbonyl (C=O) groups excluding carboxylic acids is 1. The number of likely N-dealkylation sites (N-methyl/N-ethyl adjacent to an activating group) is 2. The summed E-state index contributed by atoms with van der Waals surface area (Å²) in [5.41, 5.74) is 0. The molecule has 0 spiro atoms. The van der Waals surface area contributed by atoms with E-state index in [2.05, 4.69) is 0 Å². The lowest BCUT2D eigenvalue weighted by atomic mass is 10.4. The Morgan fingerprint density at radius 3 is 2.14 bits per heavy atom. The number of carbonyl (C=O) groups is 1. The summed E-state index contributed by atoms with van der Waals surface area (Å²) in [5.74, 6) is -0.181. The first-order chi connectivity index (χ1) is 6.29. The third kappa shape index (κ3) is 4.57. The van der Waals surface area contributed by atoms with Crippen molar-refractivity contribution in [3.63, 3.8) is 0 Å². The van der Waals surface area contributed by atoms with Crippen LogP contribution in [0.2, 0.25) is 0 Å². The fraction of sp³-hybridized carbons (Fsp3) is 0.875. The lowest BCUT2D eigenvalue weighted by molar-refractivity contribution is -0.129. The molecule has 0 fully saturated rings. The molecule has 0 radical (unpaired) electrons. The fourth-order valence-electron chi connectivity index (χ4n) is 0.889. The highest BCUT2D eigenvalue weighted by atomic mass is 32.2. The topological polar surface area (TPSA) is 57.7 Å². The molecule has 0 bridgehead atoms. The van der Waals surface area contributed by atoms with E-state index in [1.807, 2.05) is 6.92 Å². The highest BCUT2D eigenvalue weighted by Crippen LogP contribution is 1.95. The Bertz CT molecular complexity index is 287. The minimum Gasteiger partial charge on any atom is -0.345 e. The van der Waals surface area contributed by atoms with E-state index in [0.717, 1.165) is 17.0 Å². The van der Waals surface area contributed by atoms with Gasteiger partial charge < -0.3 is 4.90 Å². The van der Waals surface area contributed by atoms with E-state index in [9.17, 15) is 13.2 Å². The summed E-state index contributed by atoms with van der Waals surface area (Å²) in [6.45, 7) is 2.52. The van der Waals surface area contributed by atoms with Gasteiger partial charge in [0.2, 0.25) is 15.9 Å². The average molecular weight is 222 g/mol. The monoisotopic (exact) mass is 222 g/mol. The maximum absolute atomic E-state index is 11.4. The summed E-state index contributed by atoms with van der Waals surface area (Å²) in [4.78, 5) is 12.9. The summed E-state index contributed by atoms with van der Waals surface area (Å²) in [7, 11) is -0.196. The van der Waals surface area contributed by atoms with Crippen LogP contribution in [0.5, 0.6) is 0 Å². The fourth-order valence-corrected chi connectivity index (χ4v) is 1.23. The molecule has 0 aliphatic carbocycles. The molecule has 0 saturated heterocycles. The second-order valence-corrected chi connectivity index (χ2v) is 5.42. The molecule has 0 N–H and O–H groups in total. The SMILES string of the molecule is CCCN(C)C(=O)CN(C)S(C)(=O)=O. The Morgan fingerprint density at radius 2 is 1.79 bits per heavy atom. The molecular weight excluding hydrogens is 204 g/mol. The Balaban J connectivity index is 4.20. The standard InChI is InChI=1S/C8H18N2O3S/c1-5-6-9(2)8(11)7-10(3)14(4,12)13/h5-7H2,1-4H3. The average Bonchev–Trinajstić information content (AvgIpc) is 2.02. The first-order valence-electron chi connectivity index (χ1n) is 4.44. The summed E-state index contributed by atoms with van der Waals surface area (Å²) >= 11 is 0. The first kappa shape index (κ1) is 13.4. The Kier molecular flexibility index (Phi) is 5.07. The van der Waals surface area contributed by atoms with Crippen molar-refractivity contribution in [1.82, 2.24) is 9.21 Å². The zero-order valence-electron chi connectivity index (χ0n) is 9.15. The van der Waals surface area contributed by atoms with Crippen molar-refractivity contribution in [1.29, 1.82) is 0 Å². The molecule has 0 atom stereocenters. The number of sulfonamides is 1. The highest BCUT2D eigenvalue weighted by Gasteiger charge is 2.17. The van der Waals surface area contributed by atoms with E-state index in [1.54, 1.807) is 7.05 Å². The van der Waals surface area contributed by atoms with Gasteiger partial charge in [0, 0.05) is 20.6 Å². The van der Waals surface area contributed by atoms with Gasteiger partial charge in [0.15, 0.2) is 0 Å². The Hall–Kier alpha value is -0.620. The highest BCUT2D eigenvalue weighted by molar-refractivity contribution is 7.88. The van der Waals surface area contributed by atoms with Gasteiger partial charge in [-0.15, -0.1) is 0 Å². The van der Waals surface area contributed by atoms with Crippen LogP contribution in [-0.2, 0) is 14.8 Å². The second-order valence-electron chi connectivity index (χ2n) is 3.33. The van der Waals surface area contributed by atoms with Gasteiger partial charge in [0.05, 0.1) is 12.8 Å². The first-order valence-corrected chi connectivity index (χ1v) is 6.29. The minimum absolute atomic E-state index is 0.0880. The van der Waals surface area contributed by atoms with Gasteiger partial charge in [-0.25, -0.2) is 8.42 Å². The van der Waals surface area contributed by atoms with E-state index >= 15 is 0 Å². The number of amides is 1. The molecule has 0 aromatic rings. The normalized spacial score (nSPS) is 11.8. The Labute approximate surface area is 85.7 Å². The van der Waals surface area contributed by atoms with Gasteiger partial charge in [-0.3, -0.25) is 4.79 Å². The molecule has 0 aromatic carbocycles. The lowest BCUT2D eigenvalue weighted by Crippen LogP contribution is -2.39. The maximum atomic E-state index is 11.4. The number of rotatable bonds is 5. The number of hydrogen-bond acceptors (Lipinski definition) is 3. The van der Waals surface area contributed by atoms with Gasteiger partial charge >= 0.3 is 0 Å². The van der Waals surface area contributed by atoms with Crippen LogP contribution in [0.25, 0.3) is 0 Å². The number of hydrogen-bond donors (Lipinski definition) is 0. The molecule has 0 aliphatic rings. The quantitative estimate of drug-likeness (QED) is 0.644. The van der Waals surface area contributed by atoms with Gasteiger partial charge in [-0.05, 0) is 6.42 Å². The van der Waals surface area contributed by atoms with Crippen molar-refractivity contribution in [2.24, 2.45) is 0 Å². The van der Waals surface area contributed by atoms with Crippen molar-refractivity contribution in [2.45, 2.75) is 13.3 Å². The van der Waals surface area contributed by atoms with Crippen LogP contribution >= 0.6 is 0 Å². The molecule has 6 heteroatoms. The van der Waals surface area contributed by atoms with Gasteiger partial charge in [0.25, 0.3) is 0 Å². The van der Waals surface area contributed by atoms with Crippen molar-refractivity contribution in [2.75, 3.05) is 33.4 Å². The maximum Gasteiger partial charge on any atom is 0.237 e. The van der Waals surface area contributed by atoms with Crippen LogP contribution in [0.4, 0.5) is 0 Å².